The van der Waals surface area contributed by atoms with Gasteiger partial charge in [0.15, 0.2) is 0 Å². The Bertz CT molecular complexity index is 544. The number of phosphoric acid groups is 1. The lowest BCUT2D eigenvalue weighted by Crippen LogP contribution is -2.47. The summed E-state index contributed by atoms with van der Waals surface area (Å²) in [6, 6.07) is 0. The van der Waals surface area contributed by atoms with Crippen LogP contribution >= 0.6 is 7.82 Å². The Morgan fingerprint density at radius 2 is 0.737 bits per heavy atom. The molecule has 0 rings (SSSR count). The van der Waals surface area contributed by atoms with E-state index in [0.29, 0.717) is 58.9 Å². The quantitative estimate of drug-likeness (QED) is 0.0590. The van der Waals surface area contributed by atoms with Crippen molar-refractivity contribution in [3.05, 3.63) is 0 Å². The second kappa shape index (κ2) is 20.7. The molecule has 0 heterocycles. The summed E-state index contributed by atoms with van der Waals surface area (Å²) in [4.78, 5) is 0. The van der Waals surface area contributed by atoms with Crippen LogP contribution in [-0.2, 0) is 46.6 Å². The molecule has 0 saturated carbocycles. The van der Waals surface area contributed by atoms with Crippen LogP contribution in [0.4, 0.5) is 0 Å². The van der Waals surface area contributed by atoms with Crippen molar-refractivity contribution in [1.82, 2.24) is 0 Å². The maximum Gasteiger partial charge on any atom is 0.482 e. The lowest BCUT2D eigenvalue weighted by molar-refractivity contribution is -0.277. The smallest absolute Gasteiger partial charge is 0.376 e. The van der Waals surface area contributed by atoms with Gasteiger partial charge in [0, 0.05) is 58.9 Å². The SMILES string of the molecule is CCCOCC(CC)(OCC)OP(=O)(OC(CC)(COCCC)OCC)OC(CC)(COCCC)OCC. The van der Waals surface area contributed by atoms with Crippen LogP contribution in [0.3, 0.4) is 0 Å². The van der Waals surface area contributed by atoms with Crippen molar-refractivity contribution in [2.75, 3.05) is 59.5 Å². The van der Waals surface area contributed by atoms with E-state index in [1.165, 1.54) is 0 Å². The minimum atomic E-state index is -4.48. The normalized spacial score (nSPS) is 18.4. The van der Waals surface area contributed by atoms with Crippen LogP contribution in [0.2, 0.25) is 0 Å². The van der Waals surface area contributed by atoms with Crippen molar-refractivity contribution in [1.29, 1.82) is 0 Å². The molecule has 38 heavy (non-hydrogen) atoms. The first-order valence-corrected chi connectivity index (χ1v) is 16.0. The van der Waals surface area contributed by atoms with Gasteiger partial charge in [0.05, 0.1) is 0 Å². The summed E-state index contributed by atoms with van der Waals surface area (Å²) in [5, 5.41) is 0. The lowest BCUT2D eigenvalue weighted by Gasteiger charge is -2.42. The van der Waals surface area contributed by atoms with Gasteiger partial charge in [-0.1, -0.05) is 41.5 Å². The Kier molecular flexibility index (Phi) is 20.6. The summed E-state index contributed by atoms with van der Waals surface area (Å²) in [5.74, 6) is -4.15. The first-order chi connectivity index (χ1) is 18.2. The predicted octanol–water partition coefficient (Wildman–Crippen LogP) is 6.85. The fourth-order valence-corrected chi connectivity index (χ4v) is 5.70. The molecule has 0 saturated heterocycles. The molecule has 0 aliphatic carbocycles. The van der Waals surface area contributed by atoms with E-state index in [4.69, 9.17) is 42.0 Å². The molecule has 0 radical (unpaired) electrons. The maximum absolute atomic E-state index is 14.8. The third kappa shape index (κ3) is 13.5. The second-order valence-electron chi connectivity index (χ2n) is 8.97. The second-order valence-corrected chi connectivity index (χ2v) is 10.4. The van der Waals surface area contributed by atoms with Gasteiger partial charge < -0.3 is 28.4 Å². The third-order valence-electron chi connectivity index (χ3n) is 5.68. The highest BCUT2D eigenvalue weighted by atomic mass is 31.2. The maximum atomic E-state index is 14.8. The summed E-state index contributed by atoms with van der Waals surface area (Å²) in [7, 11) is -4.48. The number of hydrogen-bond donors (Lipinski definition) is 0. The number of ether oxygens (including phenoxy) is 6. The van der Waals surface area contributed by atoms with Crippen LogP contribution < -0.4 is 0 Å². The number of hydrogen-bond acceptors (Lipinski definition) is 10. The molecule has 230 valence electrons. The minimum Gasteiger partial charge on any atom is -0.376 e. The topological polar surface area (TPSA) is 100 Å². The number of phosphoric ester groups is 1. The molecule has 10 nitrogen and oxygen atoms in total. The standard InChI is InChI=1S/C27H57O10P/c1-10-19-29-22-25(13-4,32-16-7)35-38(28,36-26(14-5,33-17-8)23-30-20-11-2)37-27(15-6,34-18-9)24-31-21-12-3/h10-24H2,1-9H3. The fourth-order valence-electron chi connectivity index (χ4n) is 3.66. The third-order valence-corrected chi connectivity index (χ3v) is 7.35. The highest BCUT2D eigenvalue weighted by Gasteiger charge is 2.52. The summed E-state index contributed by atoms with van der Waals surface area (Å²) < 4.78 is 69.1. The van der Waals surface area contributed by atoms with Crippen LogP contribution in [0.25, 0.3) is 0 Å². The Balaban J connectivity index is 6.62. The highest BCUT2D eigenvalue weighted by molar-refractivity contribution is 7.48. The Labute approximate surface area is 232 Å². The molecule has 3 atom stereocenters. The molecule has 0 amide bonds. The van der Waals surface area contributed by atoms with Crippen LogP contribution in [0, 0.1) is 0 Å². The van der Waals surface area contributed by atoms with E-state index in [1.54, 1.807) is 0 Å². The van der Waals surface area contributed by atoms with Gasteiger partial charge in [-0.15, -0.1) is 0 Å². The zero-order valence-corrected chi connectivity index (χ0v) is 26.5. The molecule has 0 aromatic heterocycles. The van der Waals surface area contributed by atoms with Crippen LogP contribution in [0.5, 0.6) is 0 Å². The van der Waals surface area contributed by atoms with Crippen molar-refractivity contribution in [3.8, 4) is 0 Å². The van der Waals surface area contributed by atoms with E-state index in [2.05, 4.69) is 0 Å². The van der Waals surface area contributed by atoms with Gasteiger partial charge in [0.1, 0.15) is 19.8 Å². The van der Waals surface area contributed by atoms with Crippen molar-refractivity contribution < 1.29 is 46.6 Å². The molecule has 3 unspecified atom stereocenters. The van der Waals surface area contributed by atoms with Crippen molar-refractivity contribution >= 4 is 7.82 Å². The van der Waals surface area contributed by atoms with Crippen LogP contribution in [0.1, 0.15) is 101 Å². The predicted molar refractivity (Wildman–Crippen MR) is 148 cm³/mol. The van der Waals surface area contributed by atoms with E-state index < -0.39 is 25.2 Å². The van der Waals surface area contributed by atoms with E-state index in [1.807, 2.05) is 62.3 Å². The molecule has 0 aromatic carbocycles. The largest absolute Gasteiger partial charge is 0.482 e. The molecular formula is C27H57O10P. The molecule has 0 aliphatic rings. The van der Waals surface area contributed by atoms with Crippen molar-refractivity contribution in [2.24, 2.45) is 0 Å². The monoisotopic (exact) mass is 572 g/mol. The van der Waals surface area contributed by atoms with Gasteiger partial charge in [-0.3, -0.25) is 13.6 Å². The van der Waals surface area contributed by atoms with Gasteiger partial charge in [-0.05, 0) is 40.0 Å². The van der Waals surface area contributed by atoms with Crippen molar-refractivity contribution in [3.63, 3.8) is 0 Å². The van der Waals surface area contributed by atoms with Gasteiger partial charge in [0.25, 0.3) is 0 Å². The van der Waals surface area contributed by atoms with Crippen molar-refractivity contribution in [2.45, 2.75) is 118 Å². The molecule has 0 spiro atoms. The highest BCUT2D eigenvalue weighted by Crippen LogP contribution is 2.60. The fraction of sp³-hybridized carbons (Fsp3) is 1.00. The molecule has 0 aliphatic heterocycles. The molecule has 0 N–H and O–H groups in total. The summed E-state index contributed by atoms with van der Waals surface area (Å²) in [5.41, 5.74) is 0. The van der Waals surface area contributed by atoms with Gasteiger partial charge >= 0.3 is 7.82 Å². The summed E-state index contributed by atoms with van der Waals surface area (Å²) >= 11 is 0. The van der Waals surface area contributed by atoms with E-state index in [0.717, 1.165) is 19.3 Å². The van der Waals surface area contributed by atoms with E-state index >= 15 is 0 Å². The molecular weight excluding hydrogens is 515 g/mol. The Hall–Kier alpha value is -0.130. The lowest BCUT2D eigenvalue weighted by atomic mass is 10.2. The zero-order chi connectivity index (χ0) is 29.0. The van der Waals surface area contributed by atoms with Gasteiger partial charge in [0.2, 0.25) is 17.4 Å². The van der Waals surface area contributed by atoms with Gasteiger partial charge in [-0.25, -0.2) is 4.57 Å². The minimum absolute atomic E-state index is 0.0437. The molecule has 11 heteroatoms. The average Bonchev–Trinajstić information content (AvgIpc) is 2.89. The zero-order valence-electron chi connectivity index (χ0n) is 25.6. The van der Waals surface area contributed by atoms with Crippen LogP contribution in [-0.4, -0.2) is 76.8 Å². The van der Waals surface area contributed by atoms with E-state index in [-0.39, 0.29) is 19.8 Å². The average molecular weight is 573 g/mol. The summed E-state index contributed by atoms with van der Waals surface area (Å²) in [6.45, 7) is 19.7. The Morgan fingerprint density at radius 3 is 0.921 bits per heavy atom. The first-order valence-electron chi connectivity index (χ1n) is 14.5. The van der Waals surface area contributed by atoms with E-state index in [9.17, 15) is 4.57 Å². The van der Waals surface area contributed by atoms with Crippen LogP contribution in [0.15, 0.2) is 0 Å². The molecule has 0 bridgehead atoms. The summed E-state index contributed by atoms with van der Waals surface area (Å²) in [6.07, 6.45) is 3.44. The first kappa shape index (κ1) is 37.9. The molecule has 0 aromatic rings. The Morgan fingerprint density at radius 1 is 0.474 bits per heavy atom. The van der Waals surface area contributed by atoms with Gasteiger partial charge in [-0.2, -0.15) is 0 Å². The molecule has 0 fully saturated rings. The number of rotatable bonds is 27.